The molecule has 1 unspecified atom stereocenters. The number of hydrogen-bond donors (Lipinski definition) is 1. The normalized spacial score (nSPS) is 13.5. The topological polar surface area (TPSA) is 63.6 Å². The predicted molar refractivity (Wildman–Crippen MR) is 112 cm³/mol. The van der Waals surface area contributed by atoms with Gasteiger partial charge in [-0.15, -0.1) is 11.3 Å². The summed E-state index contributed by atoms with van der Waals surface area (Å²) in [5.41, 5.74) is 0.273. The summed E-state index contributed by atoms with van der Waals surface area (Å²) in [5.74, 6) is 5.06. The number of aromatic carboxylic acids is 1. The van der Waals surface area contributed by atoms with Gasteiger partial charge in [0.1, 0.15) is 4.88 Å². The zero-order valence-electron chi connectivity index (χ0n) is 15.7. The Kier molecular flexibility index (Phi) is 6.94. The second kappa shape index (κ2) is 8.63. The van der Waals surface area contributed by atoms with E-state index < -0.39 is 13.3 Å². The minimum absolute atomic E-state index is 0.00218. The predicted octanol–water partition coefficient (Wildman–Crippen LogP) is 5.64. The van der Waals surface area contributed by atoms with E-state index in [1.54, 1.807) is 37.3 Å². The van der Waals surface area contributed by atoms with Crippen molar-refractivity contribution in [1.29, 1.82) is 0 Å². The Morgan fingerprint density at radius 2 is 1.93 bits per heavy atom. The molecule has 4 nitrogen and oxygen atoms in total. The first kappa shape index (κ1) is 21.7. The molecule has 0 radical (unpaired) electrons. The van der Waals surface area contributed by atoms with Crippen molar-refractivity contribution in [3.8, 4) is 11.8 Å². The summed E-state index contributed by atoms with van der Waals surface area (Å²) in [6, 6.07) is 8.31. The Morgan fingerprint density at radius 1 is 1.30 bits per heavy atom. The van der Waals surface area contributed by atoms with E-state index >= 15 is 0 Å². The molecule has 1 aromatic carbocycles. The number of thiophene rings is 1. The molecule has 0 amide bonds. The summed E-state index contributed by atoms with van der Waals surface area (Å²) in [6.07, 6.45) is -0.00218. The summed E-state index contributed by atoms with van der Waals surface area (Å²) in [5, 5.41) is 10.6. The standard InChI is InChI=1S/C20H22ClO4PS/c1-5-25-26(24,16-8-6-15(21)7-9-16)13-14-12-17(10-11-20(2,3)4)27-18(14)19(22)23/h6-9,12H,5,13H2,1-4H3,(H,22,23). The minimum atomic E-state index is -3.28. The van der Waals surface area contributed by atoms with Gasteiger partial charge in [-0.25, -0.2) is 4.79 Å². The second-order valence-corrected chi connectivity index (χ2v) is 10.9. The van der Waals surface area contributed by atoms with Crippen LogP contribution in [0, 0.1) is 17.3 Å². The number of carbonyl (C=O) groups is 1. The first-order valence-corrected chi connectivity index (χ1v) is 11.4. The highest BCUT2D eigenvalue weighted by molar-refractivity contribution is 7.66. The third-order valence-electron chi connectivity index (χ3n) is 3.50. The largest absolute Gasteiger partial charge is 0.477 e. The molecule has 27 heavy (non-hydrogen) atoms. The first-order chi connectivity index (χ1) is 12.5. The number of halogens is 1. The lowest BCUT2D eigenvalue weighted by Gasteiger charge is -2.18. The van der Waals surface area contributed by atoms with Crippen LogP contribution in [0.4, 0.5) is 0 Å². The van der Waals surface area contributed by atoms with Crippen LogP contribution in [0.25, 0.3) is 0 Å². The molecule has 2 rings (SSSR count). The van der Waals surface area contributed by atoms with Crippen LogP contribution in [-0.2, 0) is 15.3 Å². The van der Waals surface area contributed by atoms with Gasteiger partial charge in [-0.1, -0.05) is 23.4 Å². The van der Waals surface area contributed by atoms with Crippen LogP contribution < -0.4 is 5.30 Å². The van der Waals surface area contributed by atoms with Crippen LogP contribution in [0.2, 0.25) is 5.02 Å². The van der Waals surface area contributed by atoms with E-state index in [9.17, 15) is 14.5 Å². The Morgan fingerprint density at radius 3 is 2.44 bits per heavy atom. The lowest BCUT2D eigenvalue weighted by Crippen LogP contribution is -2.10. The quantitative estimate of drug-likeness (QED) is 0.481. The summed E-state index contributed by atoms with van der Waals surface area (Å²) < 4.78 is 19.1. The molecule has 0 bridgehead atoms. The molecule has 1 aromatic heterocycles. The van der Waals surface area contributed by atoms with Gasteiger partial charge in [0.2, 0.25) is 7.37 Å². The Hall–Kier alpha value is -1.57. The Labute approximate surface area is 169 Å². The van der Waals surface area contributed by atoms with Crippen molar-refractivity contribution in [2.45, 2.75) is 33.9 Å². The molecule has 0 fully saturated rings. The first-order valence-electron chi connectivity index (χ1n) is 8.43. The van der Waals surface area contributed by atoms with E-state index in [1.807, 2.05) is 20.8 Å². The third kappa shape index (κ3) is 5.96. The van der Waals surface area contributed by atoms with Crippen LogP contribution in [-0.4, -0.2) is 17.7 Å². The number of carboxylic acids is 1. The van der Waals surface area contributed by atoms with E-state index in [0.717, 1.165) is 11.3 Å². The van der Waals surface area contributed by atoms with E-state index in [1.165, 1.54) is 0 Å². The van der Waals surface area contributed by atoms with Gasteiger partial charge in [-0.05, 0) is 63.6 Å². The van der Waals surface area contributed by atoms with Gasteiger partial charge in [-0.2, -0.15) is 0 Å². The van der Waals surface area contributed by atoms with Crippen LogP contribution in [0.5, 0.6) is 0 Å². The average Bonchev–Trinajstić information content (AvgIpc) is 2.96. The Balaban J connectivity index is 2.46. The van der Waals surface area contributed by atoms with Crippen molar-refractivity contribution in [3.63, 3.8) is 0 Å². The summed E-state index contributed by atoms with van der Waals surface area (Å²) >= 11 is 7.01. The van der Waals surface area contributed by atoms with Crippen LogP contribution in [0.15, 0.2) is 30.3 Å². The summed E-state index contributed by atoms with van der Waals surface area (Å²) in [7, 11) is -3.28. The molecular formula is C20H22ClO4PS. The number of benzene rings is 1. The highest BCUT2D eigenvalue weighted by Gasteiger charge is 2.29. The molecule has 1 N–H and O–H groups in total. The van der Waals surface area contributed by atoms with Crippen LogP contribution in [0.3, 0.4) is 0 Å². The fourth-order valence-electron chi connectivity index (χ4n) is 2.35. The zero-order chi connectivity index (χ0) is 20.2. The molecular weight excluding hydrogens is 403 g/mol. The molecule has 144 valence electrons. The smallest absolute Gasteiger partial charge is 0.346 e. The third-order valence-corrected chi connectivity index (χ3v) is 7.35. The molecule has 0 aliphatic rings. The molecule has 1 heterocycles. The molecule has 0 saturated carbocycles. The molecule has 7 heteroatoms. The number of rotatable bonds is 6. The van der Waals surface area contributed by atoms with E-state index in [0.29, 0.717) is 20.8 Å². The van der Waals surface area contributed by atoms with Gasteiger partial charge in [0, 0.05) is 15.7 Å². The monoisotopic (exact) mass is 424 g/mol. The van der Waals surface area contributed by atoms with Crippen molar-refractivity contribution in [2.24, 2.45) is 5.41 Å². The van der Waals surface area contributed by atoms with Gasteiger partial charge >= 0.3 is 5.97 Å². The molecule has 1 atom stereocenters. The number of hydrogen-bond acceptors (Lipinski definition) is 4. The van der Waals surface area contributed by atoms with Gasteiger partial charge in [0.25, 0.3) is 0 Å². The highest BCUT2D eigenvalue weighted by Crippen LogP contribution is 2.50. The second-order valence-electron chi connectivity index (χ2n) is 7.00. The fourth-order valence-corrected chi connectivity index (χ4v) is 5.60. The fraction of sp³-hybridized carbons (Fsp3) is 0.350. The lowest BCUT2D eigenvalue weighted by atomic mass is 9.98. The molecule has 2 aromatic rings. The lowest BCUT2D eigenvalue weighted by molar-refractivity contribution is 0.0701. The van der Waals surface area contributed by atoms with Crippen molar-refractivity contribution in [1.82, 2.24) is 0 Å². The summed E-state index contributed by atoms with van der Waals surface area (Å²) in [4.78, 5) is 12.5. The molecule has 0 saturated heterocycles. The molecule has 0 spiro atoms. The van der Waals surface area contributed by atoms with Gasteiger partial charge in [0.15, 0.2) is 0 Å². The molecule has 0 aliphatic carbocycles. The summed E-state index contributed by atoms with van der Waals surface area (Å²) in [6.45, 7) is 7.96. The minimum Gasteiger partial charge on any atom is -0.477 e. The van der Waals surface area contributed by atoms with Crippen molar-refractivity contribution in [3.05, 3.63) is 50.7 Å². The molecule has 0 aliphatic heterocycles. The van der Waals surface area contributed by atoms with Crippen molar-refractivity contribution in [2.75, 3.05) is 6.61 Å². The number of carboxylic acid groups (broad SMARTS) is 1. The van der Waals surface area contributed by atoms with Gasteiger partial charge in [0.05, 0.1) is 17.6 Å². The van der Waals surface area contributed by atoms with E-state index in [2.05, 4.69) is 11.8 Å². The van der Waals surface area contributed by atoms with E-state index in [4.69, 9.17) is 16.1 Å². The maximum Gasteiger partial charge on any atom is 0.346 e. The SMILES string of the molecule is CCOP(=O)(Cc1cc(C#CC(C)(C)C)sc1C(=O)O)c1ccc(Cl)cc1. The Bertz CT molecular complexity index is 930. The van der Waals surface area contributed by atoms with Crippen LogP contribution in [0.1, 0.15) is 47.8 Å². The maximum absolute atomic E-state index is 13.5. The zero-order valence-corrected chi connectivity index (χ0v) is 18.2. The van der Waals surface area contributed by atoms with Crippen LogP contribution >= 0.6 is 30.3 Å². The van der Waals surface area contributed by atoms with E-state index in [-0.39, 0.29) is 23.1 Å². The van der Waals surface area contributed by atoms with Gasteiger partial charge < -0.3 is 9.63 Å². The highest BCUT2D eigenvalue weighted by atomic mass is 35.5. The maximum atomic E-state index is 13.5. The van der Waals surface area contributed by atoms with Crippen molar-refractivity contribution >= 4 is 41.6 Å². The average molecular weight is 425 g/mol. The van der Waals surface area contributed by atoms with Crippen molar-refractivity contribution < 1.29 is 19.0 Å². The van der Waals surface area contributed by atoms with Gasteiger partial charge in [-0.3, -0.25) is 4.57 Å².